The Hall–Kier alpha value is -0.770. The van der Waals surface area contributed by atoms with Crippen molar-refractivity contribution < 1.29 is 4.79 Å². The lowest BCUT2D eigenvalue weighted by Crippen LogP contribution is -2.34. The van der Waals surface area contributed by atoms with Gasteiger partial charge in [-0.25, -0.2) is 0 Å². The number of hydrogen-bond donors (Lipinski definition) is 1. The predicted octanol–water partition coefficient (Wildman–Crippen LogP) is 3.39. The molecule has 2 atom stereocenters. The smallest absolute Gasteiger partial charge is 0.224 e. The van der Waals surface area contributed by atoms with Crippen LogP contribution in [0.15, 0.2) is 18.2 Å². The monoisotopic (exact) mass is 300 g/mol. The molecular formula is C14H18Cl2N2O. The molecule has 1 amide bonds. The van der Waals surface area contributed by atoms with Crippen LogP contribution in [0, 0.1) is 0 Å². The third-order valence-corrected chi connectivity index (χ3v) is 4.07. The first-order chi connectivity index (χ1) is 9.04. The minimum absolute atomic E-state index is 0.108. The predicted molar refractivity (Wildman–Crippen MR) is 78.4 cm³/mol. The van der Waals surface area contributed by atoms with Gasteiger partial charge in [0, 0.05) is 29.1 Å². The molecule has 1 aromatic carbocycles. The largest absolute Gasteiger partial charge is 0.334 e. The Morgan fingerprint density at radius 3 is 2.79 bits per heavy atom. The summed E-state index contributed by atoms with van der Waals surface area (Å²) in [5, 5.41) is 1.16. The second-order valence-corrected chi connectivity index (χ2v) is 5.76. The summed E-state index contributed by atoms with van der Waals surface area (Å²) in [4.78, 5) is 13.9. The van der Waals surface area contributed by atoms with Gasteiger partial charge in [-0.05, 0) is 24.1 Å². The van der Waals surface area contributed by atoms with Crippen LogP contribution in [0.3, 0.4) is 0 Å². The topological polar surface area (TPSA) is 46.3 Å². The fraction of sp³-hybridized carbons (Fsp3) is 0.500. The maximum atomic E-state index is 12.0. The van der Waals surface area contributed by atoms with E-state index in [2.05, 4.69) is 6.92 Å². The van der Waals surface area contributed by atoms with Crippen molar-refractivity contribution in [2.75, 3.05) is 6.54 Å². The van der Waals surface area contributed by atoms with Crippen molar-refractivity contribution in [1.29, 1.82) is 0 Å². The van der Waals surface area contributed by atoms with Gasteiger partial charge >= 0.3 is 0 Å². The summed E-state index contributed by atoms with van der Waals surface area (Å²) in [6.07, 6.45) is 2.40. The molecule has 1 saturated heterocycles. The number of carbonyl (C=O) groups is 1. The van der Waals surface area contributed by atoms with Crippen LogP contribution in [0.2, 0.25) is 10.0 Å². The van der Waals surface area contributed by atoms with Gasteiger partial charge in [-0.2, -0.15) is 0 Å². The number of rotatable bonds is 4. The van der Waals surface area contributed by atoms with Crippen molar-refractivity contribution in [1.82, 2.24) is 4.90 Å². The first kappa shape index (κ1) is 14.6. The third kappa shape index (κ3) is 3.04. The van der Waals surface area contributed by atoms with E-state index in [4.69, 9.17) is 28.9 Å². The Kier molecular flexibility index (Phi) is 4.71. The quantitative estimate of drug-likeness (QED) is 0.926. The van der Waals surface area contributed by atoms with Gasteiger partial charge in [0.1, 0.15) is 0 Å². The van der Waals surface area contributed by atoms with Crippen LogP contribution in [-0.2, 0) is 4.79 Å². The maximum absolute atomic E-state index is 12.0. The number of likely N-dealkylation sites (tertiary alicyclic amines) is 1. The molecule has 0 radical (unpaired) electrons. The third-order valence-electron chi connectivity index (χ3n) is 3.51. The molecule has 1 heterocycles. The lowest BCUT2D eigenvalue weighted by molar-refractivity contribution is -0.129. The molecule has 2 unspecified atom stereocenters. The summed E-state index contributed by atoms with van der Waals surface area (Å²) in [5.41, 5.74) is 7.01. The number of amides is 1. The molecular weight excluding hydrogens is 283 g/mol. The highest BCUT2D eigenvalue weighted by Crippen LogP contribution is 2.36. The van der Waals surface area contributed by atoms with Gasteiger partial charge in [-0.1, -0.05) is 42.6 Å². The summed E-state index contributed by atoms with van der Waals surface area (Å²) in [6, 6.07) is 5.02. The molecule has 1 fully saturated rings. The van der Waals surface area contributed by atoms with Crippen LogP contribution >= 0.6 is 23.2 Å². The number of unbranched alkanes of at least 4 members (excludes halogenated alkanes) is 1. The first-order valence-corrected chi connectivity index (χ1v) is 7.30. The summed E-state index contributed by atoms with van der Waals surface area (Å²) < 4.78 is 0. The minimum Gasteiger partial charge on any atom is -0.334 e. The zero-order valence-electron chi connectivity index (χ0n) is 10.9. The van der Waals surface area contributed by atoms with E-state index in [1.54, 1.807) is 12.1 Å². The molecule has 3 nitrogen and oxygen atoms in total. The Balaban J connectivity index is 2.31. The lowest BCUT2D eigenvalue weighted by Gasteiger charge is -2.28. The summed E-state index contributed by atoms with van der Waals surface area (Å²) in [5.74, 6) is 0.108. The molecule has 104 valence electrons. The van der Waals surface area contributed by atoms with Gasteiger partial charge in [0.2, 0.25) is 5.91 Å². The van der Waals surface area contributed by atoms with Crippen molar-refractivity contribution >= 4 is 29.1 Å². The average molecular weight is 301 g/mol. The van der Waals surface area contributed by atoms with Crippen LogP contribution in [0.4, 0.5) is 0 Å². The van der Waals surface area contributed by atoms with Crippen molar-refractivity contribution in [3.05, 3.63) is 33.8 Å². The molecule has 0 aliphatic carbocycles. The van der Waals surface area contributed by atoms with Crippen LogP contribution < -0.4 is 5.73 Å². The number of nitrogens with zero attached hydrogens (tertiary/aromatic N) is 1. The number of nitrogens with two attached hydrogens (primary N) is 1. The highest BCUT2D eigenvalue weighted by molar-refractivity contribution is 6.35. The number of halogens is 2. The van der Waals surface area contributed by atoms with Gasteiger partial charge in [0.15, 0.2) is 0 Å². The van der Waals surface area contributed by atoms with Gasteiger partial charge in [-0.15, -0.1) is 0 Å². The zero-order valence-corrected chi connectivity index (χ0v) is 12.4. The van der Waals surface area contributed by atoms with Crippen molar-refractivity contribution in [2.24, 2.45) is 5.73 Å². The van der Waals surface area contributed by atoms with Gasteiger partial charge in [0.25, 0.3) is 0 Å². The van der Waals surface area contributed by atoms with Crippen molar-refractivity contribution in [3.63, 3.8) is 0 Å². The Morgan fingerprint density at radius 2 is 2.16 bits per heavy atom. The fourth-order valence-electron chi connectivity index (χ4n) is 2.55. The molecule has 0 bridgehead atoms. The molecule has 1 aliphatic heterocycles. The Labute approximate surface area is 123 Å². The highest BCUT2D eigenvalue weighted by Gasteiger charge is 2.38. The van der Waals surface area contributed by atoms with Crippen LogP contribution in [0.1, 0.15) is 37.8 Å². The Morgan fingerprint density at radius 1 is 1.42 bits per heavy atom. The molecule has 1 aromatic rings. The maximum Gasteiger partial charge on any atom is 0.224 e. The highest BCUT2D eigenvalue weighted by atomic mass is 35.5. The number of benzene rings is 1. The second kappa shape index (κ2) is 6.12. The van der Waals surface area contributed by atoms with E-state index in [9.17, 15) is 4.79 Å². The SMILES string of the molecule is CCCCN1C(=O)CC(N)C1c1ccc(Cl)cc1Cl. The normalized spacial score (nSPS) is 23.2. The number of hydrogen-bond acceptors (Lipinski definition) is 2. The van der Waals surface area contributed by atoms with E-state index in [1.807, 2.05) is 11.0 Å². The molecule has 2 N–H and O–H groups in total. The molecule has 0 spiro atoms. The fourth-order valence-corrected chi connectivity index (χ4v) is 3.07. The molecule has 2 rings (SSSR count). The van der Waals surface area contributed by atoms with E-state index in [0.29, 0.717) is 16.5 Å². The zero-order chi connectivity index (χ0) is 14.0. The van der Waals surface area contributed by atoms with Crippen LogP contribution in [0.25, 0.3) is 0 Å². The van der Waals surface area contributed by atoms with E-state index < -0.39 is 0 Å². The molecule has 1 aliphatic rings. The van der Waals surface area contributed by atoms with E-state index in [0.717, 1.165) is 24.9 Å². The molecule has 5 heteroatoms. The Bertz CT molecular complexity index is 479. The van der Waals surface area contributed by atoms with Gasteiger partial charge in [-0.3, -0.25) is 4.79 Å². The second-order valence-electron chi connectivity index (χ2n) is 4.92. The number of carbonyl (C=O) groups excluding carboxylic acids is 1. The van der Waals surface area contributed by atoms with Gasteiger partial charge in [0.05, 0.1) is 6.04 Å². The minimum atomic E-state index is -0.206. The van der Waals surface area contributed by atoms with Gasteiger partial charge < -0.3 is 10.6 Å². The van der Waals surface area contributed by atoms with Crippen LogP contribution in [-0.4, -0.2) is 23.4 Å². The molecule has 0 aromatic heterocycles. The molecule has 0 saturated carbocycles. The average Bonchev–Trinajstić information content (AvgIpc) is 2.62. The van der Waals surface area contributed by atoms with E-state index in [1.165, 1.54) is 0 Å². The summed E-state index contributed by atoms with van der Waals surface area (Å²) in [7, 11) is 0. The molecule has 19 heavy (non-hydrogen) atoms. The van der Waals surface area contributed by atoms with E-state index in [-0.39, 0.29) is 18.0 Å². The van der Waals surface area contributed by atoms with Crippen molar-refractivity contribution in [3.8, 4) is 0 Å². The van der Waals surface area contributed by atoms with E-state index >= 15 is 0 Å². The van der Waals surface area contributed by atoms with Crippen molar-refractivity contribution in [2.45, 2.75) is 38.3 Å². The lowest BCUT2D eigenvalue weighted by atomic mass is 10.0. The summed E-state index contributed by atoms with van der Waals surface area (Å²) >= 11 is 12.2. The first-order valence-electron chi connectivity index (χ1n) is 6.54. The standard InChI is InChI=1S/C14H18Cl2N2O/c1-2-3-6-18-13(19)8-12(17)14(18)10-5-4-9(15)7-11(10)16/h4-5,7,12,14H,2-3,6,8,17H2,1H3. The summed E-state index contributed by atoms with van der Waals surface area (Å²) in [6.45, 7) is 2.83. The van der Waals surface area contributed by atoms with Crippen LogP contribution in [0.5, 0.6) is 0 Å².